The van der Waals surface area contributed by atoms with E-state index in [4.69, 9.17) is 0 Å². The predicted octanol–water partition coefficient (Wildman–Crippen LogP) is 3.04. The molecule has 2 heterocycles. The van der Waals surface area contributed by atoms with E-state index in [1.165, 1.54) is 5.56 Å². The second kappa shape index (κ2) is 7.36. The largest absolute Gasteiger partial charge is 0.354 e. The molecular weight excluding hydrogens is 310 g/mol. The lowest BCUT2D eigenvalue weighted by Gasteiger charge is -2.36. The van der Waals surface area contributed by atoms with Gasteiger partial charge in [0.25, 0.3) is 0 Å². The number of anilines is 1. The first-order valence-corrected chi connectivity index (χ1v) is 9.29. The third-order valence-corrected chi connectivity index (χ3v) is 5.50. The number of nitrogens with zero attached hydrogens (tertiary/aromatic N) is 3. The lowest BCUT2D eigenvalue weighted by Crippen LogP contribution is -2.47. The quantitative estimate of drug-likeness (QED) is 0.860. The molecule has 1 saturated heterocycles. The van der Waals surface area contributed by atoms with Gasteiger partial charge in [0.2, 0.25) is 0 Å². The molecule has 0 radical (unpaired) electrons. The number of hydrogen-bond donors (Lipinski definition) is 0. The van der Waals surface area contributed by atoms with Crippen LogP contribution >= 0.6 is 0 Å². The summed E-state index contributed by atoms with van der Waals surface area (Å²) in [6, 6.07) is 14.2. The molecule has 2 aliphatic rings. The molecule has 25 heavy (non-hydrogen) atoms. The first kappa shape index (κ1) is 16.3. The van der Waals surface area contributed by atoms with E-state index >= 15 is 0 Å². The van der Waals surface area contributed by atoms with Gasteiger partial charge in [-0.2, -0.15) is 0 Å². The minimum Gasteiger partial charge on any atom is -0.354 e. The van der Waals surface area contributed by atoms with Crippen molar-refractivity contribution >= 4 is 11.6 Å². The maximum absolute atomic E-state index is 12.3. The number of aromatic nitrogens is 1. The highest BCUT2D eigenvalue weighted by atomic mass is 16.1. The molecule has 130 valence electrons. The normalized spacial score (nSPS) is 21.2. The maximum atomic E-state index is 12.3. The fourth-order valence-electron chi connectivity index (χ4n) is 4.04. The molecule has 1 unspecified atom stereocenters. The van der Waals surface area contributed by atoms with Crippen LogP contribution in [-0.2, 0) is 6.42 Å². The summed E-state index contributed by atoms with van der Waals surface area (Å²) >= 11 is 0. The van der Waals surface area contributed by atoms with Crippen LogP contribution in [0.15, 0.2) is 48.7 Å². The van der Waals surface area contributed by atoms with Gasteiger partial charge in [0, 0.05) is 44.4 Å². The Morgan fingerprint density at radius 2 is 1.76 bits per heavy atom. The molecule has 2 aromatic rings. The summed E-state index contributed by atoms with van der Waals surface area (Å²) in [5, 5.41) is 0. The van der Waals surface area contributed by atoms with E-state index in [9.17, 15) is 4.79 Å². The molecular formula is C21H25N3O. The van der Waals surface area contributed by atoms with E-state index < -0.39 is 0 Å². The van der Waals surface area contributed by atoms with Crippen LogP contribution in [0.25, 0.3) is 0 Å². The predicted molar refractivity (Wildman–Crippen MR) is 100 cm³/mol. The summed E-state index contributed by atoms with van der Waals surface area (Å²) in [4.78, 5) is 21.7. The van der Waals surface area contributed by atoms with Crippen LogP contribution in [0, 0.1) is 5.92 Å². The number of Topliss-reactive ketones (excluding diaryl/α,β-unsaturated/α-hetero) is 1. The Balaban J connectivity index is 1.27. The van der Waals surface area contributed by atoms with Gasteiger partial charge >= 0.3 is 0 Å². The minimum absolute atomic E-state index is 0.326. The van der Waals surface area contributed by atoms with Crippen LogP contribution in [0.1, 0.15) is 28.8 Å². The van der Waals surface area contributed by atoms with Crippen molar-refractivity contribution in [1.82, 2.24) is 9.88 Å². The summed E-state index contributed by atoms with van der Waals surface area (Å²) in [6.07, 6.45) is 4.74. The smallest absolute Gasteiger partial charge is 0.163 e. The molecule has 1 aliphatic heterocycles. The molecule has 1 fully saturated rings. The molecule has 0 spiro atoms. The van der Waals surface area contributed by atoms with E-state index in [-0.39, 0.29) is 0 Å². The second-order valence-corrected chi connectivity index (χ2v) is 7.16. The fraction of sp³-hybridized carbons (Fsp3) is 0.429. The Morgan fingerprint density at radius 3 is 2.56 bits per heavy atom. The zero-order valence-corrected chi connectivity index (χ0v) is 14.6. The molecule has 1 atom stereocenters. The van der Waals surface area contributed by atoms with Gasteiger partial charge in [-0.15, -0.1) is 0 Å². The number of carbonyl (C=O) groups is 1. The Labute approximate surface area is 149 Å². The van der Waals surface area contributed by atoms with Crippen molar-refractivity contribution in [3.05, 3.63) is 59.8 Å². The Bertz CT molecular complexity index is 723. The Kier molecular flexibility index (Phi) is 4.79. The number of hydrogen-bond acceptors (Lipinski definition) is 4. The summed E-state index contributed by atoms with van der Waals surface area (Å²) in [5.74, 6) is 1.90. The SMILES string of the molecule is O=C1CC(CCN2CCN(c3ccccn3)CC2)Cc2ccccc21. The third kappa shape index (κ3) is 3.74. The number of carbonyl (C=O) groups excluding carboxylic acids is 1. The fourth-order valence-corrected chi connectivity index (χ4v) is 4.04. The maximum Gasteiger partial charge on any atom is 0.163 e. The number of benzene rings is 1. The highest BCUT2D eigenvalue weighted by Gasteiger charge is 2.25. The van der Waals surface area contributed by atoms with Crippen molar-refractivity contribution in [3.63, 3.8) is 0 Å². The topological polar surface area (TPSA) is 36.4 Å². The molecule has 0 N–H and O–H groups in total. The molecule has 1 aromatic heterocycles. The van der Waals surface area contributed by atoms with E-state index in [0.29, 0.717) is 18.1 Å². The number of ketones is 1. The summed E-state index contributed by atoms with van der Waals surface area (Å²) in [6.45, 7) is 5.31. The number of piperazine rings is 1. The van der Waals surface area contributed by atoms with Crippen molar-refractivity contribution in [2.45, 2.75) is 19.3 Å². The third-order valence-electron chi connectivity index (χ3n) is 5.50. The lowest BCUT2D eigenvalue weighted by atomic mass is 9.81. The van der Waals surface area contributed by atoms with Gasteiger partial charge < -0.3 is 4.90 Å². The zero-order valence-electron chi connectivity index (χ0n) is 14.6. The number of pyridine rings is 1. The van der Waals surface area contributed by atoms with Crippen LogP contribution < -0.4 is 4.90 Å². The standard InChI is InChI=1S/C21H25N3O/c25-20-16-17(15-18-5-1-2-6-19(18)20)8-10-23-11-13-24(14-12-23)21-7-3-4-9-22-21/h1-7,9,17H,8,10-16H2. The Hall–Kier alpha value is -2.20. The molecule has 0 bridgehead atoms. The molecule has 4 rings (SSSR count). The van der Waals surface area contributed by atoms with Crippen LogP contribution in [-0.4, -0.2) is 48.4 Å². The second-order valence-electron chi connectivity index (χ2n) is 7.16. The monoisotopic (exact) mass is 335 g/mol. The lowest BCUT2D eigenvalue weighted by molar-refractivity contribution is 0.0941. The zero-order chi connectivity index (χ0) is 17.1. The molecule has 1 aromatic carbocycles. The van der Waals surface area contributed by atoms with Crippen LogP contribution in [0.3, 0.4) is 0 Å². The Morgan fingerprint density at radius 1 is 0.960 bits per heavy atom. The van der Waals surface area contributed by atoms with Crippen LogP contribution in [0.4, 0.5) is 5.82 Å². The summed E-state index contributed by atoms with van der Waals surface area (Å²) in [5.41, 5.74) is 2.19. The highest BCUT2D eigenvalue weighted by Crippen LogP contribution is 2.27. The molecule has 4 nitrogen and oxygen atoms in total. The van der Waals surface area contributed by atoms with E-state index in [2.05, 4.69) is 26.9 Å². The van der Waals surface area contributed by atoms with Gasteiger partial charge in [0.05, 0.1) is 0 Å². The average molecular weight is 335 g/mol. The van der Waals surface area contributed by atoms with E-state index in [0.717, 1.165) is 56.9 Å². The van der Waals surface area contributed by atoms with Gasteiger partial charge in [-0.1, -0.05) is 30.3 Å². The van der Waals surface area contributed by atoms with Crippen LogP contribution in [0.5, 0.6) is 0 Å². The van der Waals surface area contributed by atoms with Gasteiger partial charge in [-0.3, -0.25) is 9.69 Å². The van der Waals surface area contributed by atoms with Gasteiger partial charge in [0.1, 0.15) is 5.82 Å². The molecule has 4 heteroatoms. The van der Waals surface area contributed by atoms with Gasteiger partial charge in [0.15, 0.2) is 5.78 Å². The van der Waals surface area contributed by atoms with Crippen molar-refractivity contribution in [2.24, 2.45) is 5.92 Å². The summed E-state index contributed by atoms with van der Waals surface area (Å²) in [7, 11) is 0. The van der Waals surface area contributed by atoms with E-state index in [1.807, 2.05) is 36.5 Å². The average Bonchev–Trinajstić information content (AvgIpc) is 2.68. The van der Waals surface area contributed by atoms with Crippen molar-refractivity contribution < 1.29 is 4.79 Å². The number of fused-ring (bicyclic) bond motifs is 1. The minimum atomic E-state index is 0.326. The molecule has 1 aliphatic carbocycles. The molecule has 0 amide bonds. The molecule has 0 saturated carbocycles. The van der Waals surface area contributed by atoms with Gasteiger partial charge in [-0.25, -0.2) is 4.98 Å². The first-order chi connectivity index (χ1) is 12.3. The van der Waals surface area contributed by atoms with Crippen LogP contribution in [0.2, 0.25) is 0 Å². The van der Waals surface area contributed by atoms with Crippen molar-refractivity contribution in [1.29, 1.82) is 0 Å². The highest BCUT2D eigenvalue weighted by molar-refractivity contribution is 5.98. The number of rotatable bonds is 4. The van der Waals surface area contributed by atoms with Crippen molar-refractivity contribution in [3.8, 4) is 0 Å². The first-order valence-electron chi connectivity index (χ1n) is 9.29. The van der Waals surface area contributed by atoms with E-state index in [1.54, 1.807) is 0 Å². The van der Waals surface area contributed by atoms with Gasteiger partial charge in [-0.05, 0) is 43.0 Å². The summed E-state index contributed by atoms with van der Waals surface area (Å²) < 4.78 is 0. The van der Waals surface area contributed by atoms with Crippen molar-refractivity contribution in [2.75, 3.05) is 37.6 Å².